The number of ether oxygens (including phenoxy) is 2. The second-order valence-corrected chi connectivity index (χ2v) is 8.90. The average molecular weight is 289 g/mol. The van der Waals surface area contributed by atoms with E-state index in [1.165, 1.54) is 7.11 Å². The molecule has 2 spiro atoms. The number of alkyl carbamates (subject to hydrolysis) is 1. The molecule has 1 N–H and O–H groups in total. The largest absolute Gasteiger partial charge is 0.469 e. The molecule has 21 heavy (non-hydrogen) atoms. The number of carbonyl (C=O) groups is 2. The molecule has 4 atom stereocenters. The summed E-state index contributed by atoms with van der Waals surface area (Å²) in [4.78, 5) is 23.8. The summed E-state index contributed by atoms with van der Waals surface area (Å²) < 4.78 is 10.3. The summed E-state index contributed by atoms with van der Waals surface area (Å²) in [6, 6.07) is 0. The number of nitrogens with one attached hydrogen (secondary N) is 1. The molecule has 5 heteroatoms. The van der Waals surface area contributed by atoms with Gasteiger partial charge in [-0.15, -0.1) is 0 Å². The molecular weight excluding hydrogens is 270 g/mol. The van der Waals surface area contributed by atoms with Crippen molar-refractivity contribution < 1.29 is 19.1 Å². The molecule has 112 valence electrons. The van der Waals surface area contributed by atoms with E-state index in [4.69, 9.17) is 9.47 Å². The summed E-state index contributed by atoms with van der Waals surface area (Å²) in [6.45, 7) is 6.37. The molecule has 1 amide bonds. The zero-order valence-corrected chi connectivity index (χ0v) is 12.6. The molecule has 7 fully saturated rings. The van der Waals surface area contributed by atoms with Gasteiger partial charge in [-0.25, -0.2) is 4.79 Å². The topological polar surface area (TPSA) is 64.6 Å². The number of hydrogen-bond acceptors (Lipinski definition) is 4. The SMILES string of the molecule is COC(=O)C12C3C4C1C15C2C31C45CNC(=O)OC(C)(C)C. The van der Waals surface area contributed by atoms with Crippen LogP contribution in [0.3, 0.4) is 0 Å². The van der Waals surface area contributed by atoms with E-state index in [0.717, 1.165) is 6.54 Å². The van der Waals surface area contributed by atoms with Crippen molar-refractivity contribution in [3.05, 3.63) is 0 Å². The van der Waals surface area contributed by atoms with Gasteiger partial charge in [0.25, 0.3) is 0 Å². The van der Waals surface area contributed by atoms with Crippen LogP contribution in [0, 0.1) is 45.3 Å². The lowest BCUT2D eigenvalue weighted by Gasteiger charge is -2.91. The van der Waals surface area contributed by atoms with Crippen molar-refractivity contribution in [2.75, 3.05) is 13.7 Å². The average Bonchev–Trinajstić information content (AvgIpc) is 2.93. The number of hydrogen-bond donors (Lipinski definition) is 1. The van der Waals surface area contributed by atoms with Crippen molar-refractivity contribution >= 4 is 12.1 Å². The third kappa shape index (κ3) is 0.561. The fourth-order valence-electron chi connectivity index (χ4n) is 8.66. The predicted octanol–water partition coefficient (Wildman–Crippen LogP) is 1.18. The monoisotopic (exact) mass is 289 g/mol. The van der Waals surface area contributed by atoms with Crippen molar-refractivity contribution in [2.24, 2.45) is 45.3 Å². The van der Waals surface area contributed by atoms with Crippen LogP contribution in [0.5, 0.6) is 0 Å². The molecule has 4 unspecified atom stereocenters. The van der Waals surface area contributed by atoms with Crippen LogP contribution in [-0.4, -0.2) is 31.3 Å². The molecule has 7 aliphatic carbocycles. The molecule has 0 saturated heterocycles. The Labute approximate surface area is 122 Å². The lowest BCUT2D eigenvalue weighted by atomic mass is 9.10. The number of esters is 1. The van der Waals surface area contributed by atoms with Crippen molar-refractivity contribution in [2.45, 2.75) is 26.4 Å². The van der Waals surface area contributed by atoms with Crippen LogP contribution in [0.25, 0.3) is 0 Å². The third-order valence-corrected chi connectivity index (χ3v) is 8.15. The molecule has 0 bridgehead atoms. The molecular formula is C16H19NO4. The Bertz CT molecular complexity index is 652. The first-order valence-corrected chi connectivity index (χ1v) is 7.86. The van der Waals surface area contributed by atoms with Gasteiger partial charge in [0.15, 0.2) is 0 Å². The van der Waals surface area contributed by atoms with Gasteiger partial charge in [-0.05, 0) is 55.3 Å². The number of methoxy groups -OCH3 is 1. The van der Waals surface area contributed by atoms with E-state index in [0.29, 0.717) is 39.9 Å². The molecule has 0 radical (unpaired) electrons. The summed E-state index contributed by atoms with van der Waals surface area (Å²) in [7, 11) is 1.51. The number of amides is 1. The minimum Gasteiger partial charge on any atom is -0.469 e. The van der Waals surface area contributed by atoms with E-state index in [2.05, 4.69) is 5.32 Å². The van der Waals surface area contributed by atoms with Crippen LogP contribution in [0.15, 0.2) is 0 Å². The van der Waals surface area contributed by atoms with Crippen LogP contribution >= 0.6 is 0 Å². The lowest BCUT2D eigenvalue weighted by Crippen LogP contribution is -2.94. The molecule has 0 aromatic carbocycles. The predicted molar refractivity (Wildman–Crippen MR) is 69.9 cm³/mol. The van der Waals surface area contributed by atoms with E-state index in [1.807, 2.05) is 20.8 Å². The highest BCUT2D eigenvalue weighted by atomic mass is 16.6. The summed E-state index contributed by atoms with van der Waals surface area (Å²) in [6.07, 6.45) is -0.314. The summed E-state index contributed by atoms with van der Waals surface area (Å²) >= 11 is 0. The minimum absolute atomic E-state index is 0.0379. The van der Waals surface area contributed by atoms with Gasteiger partial charge in [0.05, 0.1) is 12.5 Å². The fourth-order valence-corrected chi connectivity index (χ4v) is 8.66. The zero-order valence-electron chi connectivity index (χ0n) is 12.6. The van der Waals surface area contributed by atoms with E-state index in [-0.39, 0.29) is 17.5 Å². The first-order chi connectivity index (χ1) is 9.81. The molecule has 0 heterocycles. The summed E-state index contributed by atoms with van der Waals surface area (Å²) in [5.41, 5.74) is 0.728. The quantitative estimate of drug-likeness (QED) is 0.792. The van der Waals surface area contributed by atoms with Gasteiger partial charge in [0, 0.05) is 12.0 Å². The Kier molecular flexibility index (Phi) is 1.24. The van der Waals surface area contributed by atoms with Crippen molar-refractivity contribution in [1.82, 2.24) is 5.32 Å². The van der Waals surface area contributed by atoms with Crippen LogP contribution < -0.4 is 5.32 Å². The van der Waals surface area contributed by atoms with E-state index in [1.54, 1.807) is 0 Å². The van der Waals surface area contributed by atoms with Crippen molar-refractivity contribution in [3.63, 3.8) is 0 Å². The standard InChI is InChI=1S/C16H19NO4/c1-12(2,3)21-11(19)17-5-13-6-7-14(10(18)20-4)8(6)16(13)9(14)15(7,13)16/h6-9H,5H2,1-4H3,(H,17,19). The first-order valence-electron chi connectivity index (χ1n) is 7.86. The van der Waals surface area contributed by atoms with Gasteiger partial charge < -0.3 is 14.8 Å². The molecule has 7 saturated carbocycles. The Morgan fingerprint density at radius 1 is 1.19 bits per heavy atom. The highest BCUT2D eigenvalue weighted by Crippen LogP contribution is 3.39. The van der Waals surface area contributed by atoms with Crippen LogP contribution in [-0.2, 0) is 14.3 Å². The summed E-state index contributed by atoms with van der Waals surface area (Å²) in [5, 5.41) is 2.97. The van der Waals surface area contributed by atoms with Crippen LogP contribution in [0.2, 0.25) is 0 Å². The molecule has 7 aliphatic rings. The normalized spacial score (nSPS) is 63.6. The molecule has 5 nitrogen and oxygen atoms in total. The van der Waals surface area contributed by atoms with E-state index in [9.17, 15) is 9.59 Å². The maximum absolute atomic E-state index is 12.0. The fraction of sp³-hybridized carbons (Fsp3) is 0.875. The minimum atomic E-state index is -0.450. The van der Waals surface area contributed by atoms with Gasteiger partial charge in [-0.3, -0.25) is 4.79 Å². The van der Waals surface area contributed by atoms with Gasteiger partial charge in [-0.2, -0.15) is 0 Å². The van der Waals surface area contributed by atoms with Gasteiger partial charge in [0.1, 0.15) is 5.60 Å². The molecule has 0 aliphatic heterocycles. The molecule has 0 aromatic rings. The maximum atomic E-state index is 12.0. The lowest BCUT2D eigenvalue weighted by molar-refractivity contribution is -0.456. The Morgan fingerprint density at radius 3 is 2.24 bits per heavy atom. The second-order valence-electron chi connectivity index (χ2n) is 8.90. The maximum Gasteiger partial charge on any atom is 0.407 e. The van der Waals surface area contributed by atoms with Crippen molar-refractivity contribution in [3.8, 4) is 0 Å². The highest BCUT2D eigenvalue weighted by molar-refractivity contribution is 6.00. The Balaban J connectivity index is 1.16. The van der Waals surface area contributed by atoms with Gasteiger partial charge in [-0.1, -0.05) is 0 Å². The van der Waals surface area contributed by atoms with Gasteiger partial charge in [0.2, 0.25) is 0 Å². The third-order valence-electron chi connectivity index (χ3n) is 8.15. The number of rotatable bonds is 3. The summed E-state index contributed by atoms with van der Waals surface area (Å²) in [5.74, 6) is 2.50. The van der Waals surface area contributed by atoms with Gasteiger partial charge >= 0.3 is 12.1 Å². The van der Waals surface area contributed by atoms with E-state index >= 15 is 0 Å². The van der Waals surface area contributed by atoms with Crippen LogP contribution in [0.1, 0.15) is 20.8 Å². The smallest absolute Gasteiger partial charge is 0.407 e. The highest BCUT2D eigenvalue weighted by Gasteiger charge is 3.40. The first kappa shape index (κ1) is 11.3. The van der Waals surface area contributed by atoms with Crippen molar-refractivity contribution in [1.29, 1.82) is 0 Å². The number of carbonyl (C=O) groups excluding carboxylic acids is 2. The second kappa shape index (κ2) is 2.29. The Hall–Kier alpha value is -1.26. The zero-order chi connectivity index (χ0) is 14.8. The Morgan fingerprint density at radius 2 is 1.81 bits per heavy atom. The van der Waals surface area contributed by atoms with Crippen LogP contribution in [0.4, 0.5) is 4.79 Å². The van der Waals surface area contributed by atoms with E-state index < -0.39 is 5.60 Å². The molecule has 7 rings (SSSR count). The molecule has 0 aromatic heterocycles.